The summed E-state index contributed by atoms with van der Waals surface area (Å²) in [6, 6.07) is 0. The zero-order chi connectivity index (χ0) is 6.85. The largest absolute Gasteiger partial charge is 0.347 e. The molecule has 2 heteroatoms. The van der Waals surface area contributed by atoms with Gasteiger partial charge in [0.1, 0.15) is 0 Å². The SMILES string of the molecule is CCC1O[C@@H](C)[C@H](C)O1. The molecule has 1 rings (SSSR count). The van der Waals surface area contributed by atoms with E-state index in [9.17, 15) is 0 Å². The molecule has 0 aliphatic carbocycles. The predicted molar refractivity (Wildman–Crippen MR) is 35.2 cm³/mol. The first-order valence-electron chi connectivity index (χ1n) is 3.55. The normalized spacial score (nSPS) is 37.7. The Morgan fingerprint density at radius 2 is 1.56 bits per heavy atom. The van der Waals surface area contributed by atoms with Crippen LogP contribution >= 0.6 is 0 Å². The van der Waals surface area contributed by atoms with Gasteiger partial charge in [-0.05, 0) is 20.3 Å². The summed E-state index contributed by atoms with van der Waals surface area (Å²) in [6.07, 6.45) is 1.55. The molecule has 0 aromatic heterocycles. The van der Waals surface area contributed by atoms with Crippen molar-refractivity contribution in [1.82, 2.24) is 0 Å². The molecular weight excluding hydrogens is 116 g/mol. The van der Waals surface area contributed by atoms with E-state index >= 15 is 0 Å². The third-order valence-electron chi connectivity index (χ3n) is 1.73. The van der Waals surface area contributed by atoms with Crippen molar-refractivity contribution in [2.45, 2.75) is 45.7 Å². The molecule has 0 unspecified atom stereocenters. The molecule has 0 saturated carbocycles. The van der Waals surface area contributed by atoms with E-state index < -0.39 is 0 Å². The highest BCUT2D eigenvalue weighted by Gasteiger charge is 2.27. The van der Waals surface area contributed by atoms with Crippen molar-refractivity contribution >= 4 is 0 Å². The lowest BCUT2D eigenvalue weighted by atomic mass is 10.3. The van der Waals surface area contributed by atoms with Gasteiger partial charge in [0, 0.05) is 0 Å². The maximum absolute atomic E-state index is 5.40. The van der Waals surface area contributed by atoms with Crippen LogP contribution in [0.2, 0.25) is 0 Å². The second kappa shape index (κ2) is 2.67. The van der Waals surface area contributed by atoms with Gasteiger partial charge in [-0.2, -0.15) is 0 Å². The highest BCUT2D eigenvalue weighted by Crippen LogP contribution is 2.19. The molecule has 1 heterocycles. The van der Waals surface area contributed by atoms with E-state index in [2.05, 4.69) is 6.92 Å². The predicted octanol–water partition coefficient (Wildman–Crippen LogP) is 1.55. The van der Waals surface area contributed by atoms with E-state index in [4.69, 9.17) is 9.47 Å². The first-order chi connectivity index (χ1) is 4.24. The highest BCUT2D eigenvalue weighted by molar-refractivity contribution is 4.67. The van der Waals surface area contributed by atoms with Gasteiger partial charge in [-0.15, -0.1) is 0 Å². The van der Waals surface area contributed by atoms with Gasteiger partial charge in [-0.25, -0.2) is 0 Å². The standard InChI is InChI=1S/C7H14O2/c1-4-7-8-5(2)6(3)9-7/h5-7H,4H2,1-3H3/t5-,6-/m0/s1. The first kappa shape index (κ1) is 7.03. The number of hydrogen-bond acceptors (Lipinski definition) is 2. The first-order valence-corrected chi connectivity index (χ1v) is 3.55. The molecule has 0 aromatic rings. The van der Waals surface area contributed by atoms with Crippen LogP contribution < -0.4 is 0 Å². The summed E-state index contributed by atoms with van der Waals surface area (Å²) in [4.78, 5) is 0. The molecule has 1 aliphatic rings. The second-order valence-electron chi connectivity index (χ2n) is 2.52. The van der Waals surface area contributed by atoms with E-state index in [0.29, 0.717) is 0 Å². The molecule has 0 bridgehead atoms. The molecule has 0 amide bonds. The summed E-state index contributed by atoms with van der Waals surface area (Å²) >= 11 is 0. The molecule has 54 valence electrons. The maximum Gasteiger partial charge on any atom is 0.158 e. The summed E-state index contributed by atoms with van der Waals surface area (Å²) in [5.74, 6) is 0. The Labute approximate surface area is 56.2 Å². The summed E-state index contributed by atoms with van der Waals surface area (Å²) in [5.41, 5.74) is 0. The zero-order valence-corrected chi connectivity index (χ0v) is 6.26. The Bertz CT molecular complexity index is 82.9. The highest BCUT2D eigenvalue weighted by atomic mass is 16.7. The Balaban J connectivity index is 2.35. The number of ether oxygens (including phenoxy) is 2. The lowest BCUT2D eigenvalue weighted by Gasteiger charge is -2.03. The van der Waals surface area contributed by atoms with Crippen molar-refractivity contribution in [3.8, 4) is 0 Å². The van der Waals surface area contributed by atoms with Crippen LogP contribution in [0.3, 0.4) is 0 Å². The molecule has 1 aliphatic heterocycles. The minimum Gasteiger partial charge on any atom is -0.347 e. The van der Waals surface area contributed by atoms with Crippen LogP contribution in [0.4, 0.5) is 0 Å². The molecule has 0 spiro atoms. The summed E-state index contributed by atoms with van der Waals surface area (Å²) in [5, 5.41) is 0. The van der Waals surface area contributed by atoms with Crippen molar-refractivity contribution in [1.29, 1.82) is 0 Å². The molecule has 0 radical (unpaired) electrons. The minimum atomic E-state index is 0.0509. The van der Waals surface area contributed by atoms with Crippen molar-refractivity contribution in [2.75, 3.05) is 0 Å². The van der Waals surface area contributed by atoms with Crippen molar-refractivity contribution in [3.63, 3.8) is 0 Å². The van der Waals surface area contributed by atoms with Gasteiger partial charge in [0.15, 0.2) is 6.29 Å². The Morgan fingerprint density at radius 1 is 1.11 bits per heavy atom. The van der Waals surface area contributed by atoms with Crippen molar-refractivity contribution in [2.24, 2.45) is 0 Å². The Hall–Kier alpha value is -0.0800. The fourth-order valence-corrected chi connectivity index (χ4v) is 0.925. The van der Waals surface area contributed by atoms with Crippen molar-refractivity contribution < 1.29 is 9.47 Å². The average molecular weight is 130 g/mol. The summed E-state index contributed by atoms with van der Waals surface area (Å²) < 4.78 is 10.8. The maximum atomic E-state index is 5.40. The second-order valence-corrected chi connectivity index (χ2v) is 2.52. The monoisotopic (exact) mass is 130 g/mol. The molecular formula is C7H14O2. The number of hydrogen-bond donors (Lipinski definition) is 0. The minimum absolute atomic E-state index is 0.0509. The van der Waals surface area contributed by atoms with E-state index in [1.54, 1.807) is 0 Å². The number of rotatable bonds is 1. The van der Waals surface area contributed by atoms with Crippen LogP contribution in [-0.2, 0) is 9.47 Å². The fourth-order valence-electron chi connectivity index (χ4n) is 0.925. The fraction of sp³-hybridized carbons (Fsp3) is 1.00. The molecule has 0 N–H and O–H groups in total. The molecule has 1 saturated heterocycles. The third-order valence-corrected chi connectivity index (χ3v) is 1.73. The summed E-state index contributed by atoms with van der Waals surface area (Å²) in [7, 11) is 0. The molecule has 0 aromatic carbocycles. The van der Waals surface area contributed by atoms with Gasteiger partial charge in [-0.3, -0.25) is 0 Å². The van der Waals surface area contributed by atoms with Gasteiger partial charge < -0.3 is 9.47 Å². The molecule has 2 atom stereocenters. The van der Waals surface area contributed by atoms with Crippen LogP contribution in [0.15, 0.2) is 0 Å². The lowest BCUT2D eigenvalue weighted by molar-refractivity contribution is -0.0635. The van der Waals surface area contributed by atoms with Gasteiger partial charge in [0.05, 0.1) is 12.2 Å². The van der Waals surface area contributed by atoms with Crippen molar-refractivity contribution in [3.05, 3.63) is 0 Å². The van der Waals surface area contributed by atoms with E-state index in [1.807, 2.05) is 13.8 Å². The lowest BCUT2D eigenvalue weighted by Crippen LogP contribution is -2.13. The van der Waals surface area contributed by atoms with E-state index in [-0.39, 0.29) is 18.5 Å². The third kappa shape index (κ3) is 1.43. The topological polar surface area (TPSA) is 18.5 Å². The zero-order valence-electron chi connectivity index (χ0n) is 6.26. The smallest absolute Gasteiger partial charge is 0.158 e. The van der Waals surface area contributed by atoms with Gasteiger partial charge >= 0.3 is 0 Å². The van der Waals surface area contributed by atoms with Crippen LogP contribution in [0.1, 0.15) is 27.2 Å². The van der Waals surface area contributed by atoms with Gasteiger partial charge in [0.25, 0.3) is 0 Å². The average Bonchev–Trinajstić information content (AvgIpc) is 2.13. The summed E-state index contributed by atoms with van der Waals surface area (Å²) in [6.45, 7) is 6.15. The molecule has 9 heavy (non-hydrogen) atoms. The van der Waals surface area contributed by atoms with Crippen LogP contribution in [0.25, 0.3) is 0 Å². The van der Waals surface area contributed by atoms with E-state index in [1.165, 1.54) is 0 Å². The van der Waals surface area contributed by atoms with Gasteiger partial charge in [-0.1, -0.05) is 6.92 Å². The van der Waals surface area contributed by atoms with E-state index in [0.717, 1.165) is 6.42 Å². The van der Waals surface area contributed by atoms with Crippen LogP contribution in [-0.4, -0.2) is 18.5 Å². The quantitative estimate of drug-likeness (QED) is 0.536. The Morgan fingerprint density at radius 3 is 1.78 bits per heavy atom. The van der Waals surface area contributed by atoms with Gasteiger partial charge in [0.2, 0.25) is 0 Å². The molecule has 2 nitrogen and oxygen atoms in total. The van der Waals surface area contributed by atoms with Crippen LogP contribution in [0, 0.1) is 0 Å². The van der Waals surface area contributed by atoms with Crippen LogP contribution in [0.5, 0.6) is 0 Å². The Kier molecular flexibility index (Phi) is 2.09. The molecule has 1 fully saturated rings.